The number of aliphatic carboxylic acids is 1. The van der Waals surface area contributed by atoms with Gasteiger partial charge in [-0.05, 0) is 17.9 Å². The first-order chi connectivity index (χ1) is 9.09. The van der Waals surface area contributed by atoms with Crippen molar-refractivity contribution in [2.24, 2.45) is 5.92 Å². The van der Waals surface area contributed by atoms with E-state index in [1.807, 2.05) is 18.2 Å². The lowest BCUT2D eigenvalue weighted by atomic mass is 9.78. The highest BCUT2D eigenvalue weighted by Crippen LogP contribution is 2.45. The number of nitrogens with one attached hydrogen (secondary N) is 1. The summed E-state index contributed by atoms with van der Waals surface area (Å²) in [5.41, 5.74) is 1.13. The Morgan fingerprint density at radius 2 is 2.05 bits per heavy atom. The average Bonchev–Trinajstić information content (AvgIpc) is 2.85. The molecule has 0 amide bonds. The number of carbonyl (C=O) groups is 2. The van der Waals surface area contributed by atoms with Gasteiger partial charge in [-0.2, -0.15) is 0 Å². The molecule has 1 N–H and O–H groups in total. The molecule has 19 heavy (non-hydrogen) atoms. The lowest BCUT2D eigenvalue weighted by Crippen LogP contribution is -2.49. The minimum atomic E-state index is -1.32. The normalized spacial score (nSPS) is 27.3. The Morgan fingerprint density at radius 3 is 2.74 bits per heavy atom. The maximum absolute atomic E-state index is 11.2. The van der Waals surface area contributed by atoms with Crippen molar-refractivity contribution in [2.75, 3.05) is 5.32 Å². The molecule has 0 fully saturated rings. The molecule has 5 heteroatoms. The molecule has 1 aromatic rings. The summed E-state index contributed by atoms with van der Waals surface area (Å²) >= 11 is 0. The van der Waals surface area contributed by atoms with Crippen molar-refractivity contribution in [3.63, 3.8) is 0 Å². The molecule has 0 spiro atoms. The molecular formula is C14H11NO4-2. The van der Waals surface area contributed by atoms with Gasteiger partial charge in [-0.3, -0.25) is 0 Å². The number of hydrogen-bond acceptors (Lipinski definition) is 5. The van der Waals surface area contributed by atoms with Crippen LogP contribution in [0.15, 0.2) is 30.4 Å². The van der Waals surface area contributed by atoms with Crippen LogP contribution in [0.2, 0.25) is 0 Å². The Hall–Kier alpha value is -2.30. The monoisotopic (exact) mass is 257 g/mol. The zero-order valence-corrected chi connectivity index (χ0v) is 9.96. The van der Waals surface area contributed by atoms with Crippen LogP contribution in [0.25, 0.3) is 0 Å². The third kappa shape index (κ3) is 1.69. The standard InChI is InChI=1S/C14H13NO4/c16-13(17)10-6-2-4-8-7-3-1-5-9(7)12(14(18)19)15-11(8)10/h1-4,6-7,9,12,15H,5H2,(H,16,17)(H,18,19)/p-2/t7-,9+,12-/m1/s1. The molecule has 0 radical (unpaired) electrons. The molecule has 1 aliphatic carbocycles. The van der Waals surface area contributed by atoms with Crippen LogP contribution in [-0.4, -0.2) is 18.0 Å². The quantitative estimate of drug-likeness (QED) is 0.704. The number of fused-ring (bicyclic) bond motifs is 3. The first-order valence-corrected chi connectivity index (χ1v) is 6.08. The number of carboxylic acids is 2. The number of benzene rings is 1. The number of carboxylic acid groups (broad SMARTS) is 2. The molecule has 0 saturated heterocycles. The van der Waals surface area contributed by atoms with Gasteiger partial charge >= 0.3 is 0 Å². The van der Waals surface area contributed by atoms with Crippen LogP contribution in [0, 0.1) is 5.92 Å². The van der Waals surface area contributed by atoms with Crippen LogP contribution in [0.3, 0.4) is 0 Å². The Bertz CT molecular complexity index is 593. The van der Waals surface area contributed by atoms with Crippen LogP contribution >= 0.6 is 0 Å². The van der Waals surface area contributed by atoms with E-state index in [9.17, 15) is 19.8 Å². The summed E-state index contributed by atoms with van der Waals surface area (Å²) in [7, 11) is 0. The first kappa shape index (κ1) is 11.8. The molecule has 0 aromatic heterocycles. The summed E-state index contributed by atoms with van der Waals surface area (Å²) < 4.78 is 0. The molecule has 5 nitrogen and oxygen atoms in total. The maximum atomic E-state index is 11.2. The van der Waals surface area contributed by atoms with Crippen LogP contribution in [0.4, 0.5) is 5.69 Å². The molecule has 1 aliphatic heterocycles. The van der Waals surface area contributed by atoms with Gasteiger partial charge < -0.3 is 25.1 Å². The van der Waals surface area contributed by atoms with Gasteiger partial charge in [-0.1, -0.05) is 30.4 Å². The fraction of sp³-hybridized carbons (Fsp3) is 0.286. The first-order valence-electron chi connectivity index (χ1n) is 6.08. The van der Waals surface area contributed by atoms with Crippen LogP contribution < -0.4 is 15.5 Å². The second kappa shape index (κ2) is 4.12. The molecule has 0 bridgehead atoms. The summed E-state index contributed by atoms with van der Waals surface area (Å²) in [4.78, 5) is 22.3. The van der Waals surface area contributed by atoms with Crippen molar-refractivity contribution in [3.8, 4) is 0 Å². The third-order valence-corrected chi connectivity index (χ3v) is 3.87. The molecule has 1 heterocycles. The van der Waals surface area contributed by atoms with E-state index in [0.717, 1.165) is 5.56 Å². The smallest absolute Gasteiger partial charge is 0.0736 e. The van der Waals surface area contributed by atoms with Crippen molar-refractivity contribution >= 4 is 17.6 Å². The molecule has 1 aromatic carbocycles. The van der Waals surface area contributed by atoms with E-state index in [4.69, 9.17) is 0 Å². The van der Waals surface area contributed by atoms with E-state index in [1.165, 1.54) is 6.07 Å². The van der Waals surface area contributed by atoms with E-state index in [2.05, 4.69) is 5.32 Å². The van der Waals surface area contributed by atoms with Crippen molar-refractivity contribution in [3.05, 3.63) is 41.5 Å². The molecule has 98 valence electrons. The zero-order chi connectivity index (χ0) is 13.6. The van der Waals surface area contributed by atoms with Crippen molar-refractivity contribution in [1.29, 1.82) is 0 Å². The second-order valence-corrected chi connectivity index (χ2v) is 4.85. The van der Waals surface area contributed by atoms with E-state index < -0.39 is 18.0 Å². The van der Waals surface area contributed by atoms with Gasteiger partial charge in [-0.15, -0.1) is 0 Å². The molecule has 0 unspecified atom stereocenters. The number of aromatic carboxylic acids is 1. The number of carbonyl (C=O) groups excluding carboxylic acids is 2. The molecule has 3 atom stereocenters. The largest absolute Gasteiger partial charge is 0.548 e. The number of anilines is 1. The van der Waals surface area contributed by atoms with E-state index >= 15 is 0 Å². The van der Waals surface area contributed by atoms with Gasteiger partial charge in [0.05, 0.1) is 18.0 Å². The van der Waals surface area contributed by atoms with Gasteiger partial charge in [0, 0.05) is 17.2 Å². The maximum Gasteiger partial charge on any atom is 0.0736 e. The molecule has 3 rings (SSSR count). The zero-order valence-electron chi connectivity index (χ0n) is 9.96. The van der Waals surface area contributed by atoms with E-state index in [-0.39, 0.29) is 17.4 Å². The number of para-hydroxylation sites is 1. The lowest BCUT2D eigenvalue weighted by molar-refractivity contribution is -0.308. The SMILES string of the molecule is O=C([O-])c1cccc2c1N[C@@H](C(=O)[O-])[C@H]1CC=C[C@H]21. The van der Waals surface area contributed by atoms with Crippen molar-refractivity contribution in [1.82, 2.24) is 0 Å². The van der Waals surface area contributed by atoms with E-state index in [1.54, 1.807) is 6.07 Å². The minimum Gasteiger partial charge on any atom is -0.548 e. The number of hydrogen-bond donors (Lipinski definition) is 1. The fourth-order valence-electron chi connectivity index (χ4n) is 3.02. The number of allylic oxidation sites excluding steroid dienone is 2. The predicted octanol–water partition coefficient (Wildman–Crippen LogP) is -0.746. The van der Waals surface area contributed by atoms with Crippen LogP contribution in [-0.2, 0) is 4.79 Å². The summed E-state index contributed by atoms with van der Waals surface area (Å²) in [6.07, 6.45) is 4.50. The minimum absolute atomic E-state index is 0.0116. The Morgan fingerprint density at radius 1 is 1.26 bits per heavy atom. The van der Waals surface area contributed by atoms with Crippen LogP contribution in [0.1, 0.15) is 28.3 Å². The summed E-state index contributed by atoms with van der Waals surface area (Å²) in [5, 5.41) is 25.1. The van der Waals surface area contributed by atoms with Gasteiger partial charge in [-0.25, -0.2) is 0 Å². The fourth-order valence-corrected chi connectivity index (χ4v) is 3.02. The Kier molecular flexibility index (Phi) is 2.55. The molecular weight excluding hydrogens is 246 g/mol. The molecule has 2 aliphatic rings. The predicted molar refractivity (Wildman–Crippen MR) is 63.2 cm³/mol. The lowest BCUT2D eigenvalue weighted by Gasteiger charge is -2.38. The third-order valence-electron chi connectivity index (χ3n) is 3.87. The highest BCUT2D eigenvalue weighted by molar-refractivity contribution is 5.95. The van der Waals surface area contributed by atoms with Crippen molar-refractivity contribution < 1.29 is 19.8 Å². The summed E-state index contributed by atoms with van der Waals surface area (Å²) in [6, 6.07) is 3.99. The highest BCUT2D eigenvalue weighted by atomic mass is 16.4. The second-order valence-electron chi connectivity index (χ2n) is 4.85. The average molecular weight is 257 g/mol. The van der Waals surface area contributed by atoms with Gasteiger partial charge in [0.2, 0.25) is 0 Å². The Labute approximate surface area is 109 Å². The highest BCUT2D eigenvalue weighted by Gasteiger charge is 2.38. The summed E-state index contributed by atoms with van der Waals surface area (Å²) in [6.45, 7) is 0. The van der Waals surface area contributed by atoms with Crippen LogP contribution in [0.5, 0.6) is 0 Å². The Balaban J connectivity index is 2.15. The topological polar surface area (TPSA) is 92.3 Å². The van der Waals surface area contributed by atoms with Gasteiger partial charge in [0.1, 0.15) is 0 Å². The van der Waals surface area contributed by atoms with E-state index in [0.29, 0.717) is 12.1 Å². The van der Waals surface area contributed by atoms with Gasteiger partial charge in [0.15, 0.2) is 0 Å². The van der Waals surface area contributed by atoms with Crippen molar-refractivity contribution in [2.45, 2.75) is 18.4 Å². The van der Waals surface area contributed by atoms with Gasteiger partial charge in [0.25, 0.3) is 0 Å². The summed E-state index contributed by atoms with van der Waals surface area (Å²) in [5.74, 6) is -2.74. The molecule has 0 saturated carbocycles. The number of rotatable bonds is 2.